The van der Waals surface area contributed by atoms with Crippen molar-refractivity contribution in [2.45, 2.75) is 13.5 Å². The number of likely N-dealkylation sites (N-methyl/N-ethyl adjacent to an activating group) is 1. The second kappa shape index (κ2) is 9.64. The number of anilines is 1. The highest BCUT2D eigenvalue weighted by molar-refractivity contribution is 5.98. The summed E-state index contributed by atoms with van der Waals surface area (Å²) in [7, 11) is 6.21. The van der Waals surface area contributed by atoms with E-state index in [1.807, 2.05) is 30.3 Å². The van der Waals surface area contributed by atoms with Gasteiger partial charge in [0.1, 0.15) is 6.54 Å². The van der Waals surface area contributed by atoms with Crippen LogP contribution in [0.15, 0.2) is 42.5 Å². The van der Waals surface area contributed by atoms with Gasteiger partial charge >= 0.3 is 0 Å². The van der Waals surface area contributed by atoms with Gasteiger partial charge in [-0.15, -0.1) is 0 Å². The molecule has 7 nitrogen and oxygen atoms in total. The van der Waals surface area contributed by atoms with Crippen LogP contribution in [0.2, 0.25) is 0 Å². The summed E-state index contributed by atoms with van der Waals surface area (Å²) in [5.41, 5.74) is 1.50. The lowest BCUT2D eigenvalue weighted by molar-refractivity contribution is -0.130. The molecule has 0 aliphatic rings. The molecule has 0 N–H and O–H groups in total. The monoisotopic (exact) mass is 386 g/mol. The molecule has 0 aromatic heterocycles. The zero-order valence-electron chi connectivity index (χ0n) is 16.9. The molecule has 2 rings (SSSR count). The standard InChI is InChI=1S/C21H26N2O5/c1-15(24)23(14-20(25)22(2)13-16-9-7-6-8-10-16)17-11-18(26-3)21(28-5)19(12-17)27-4/h6-12H,13-14H2,1-5H3. The number of carbonyl (C=O) groups excluding carboxylic acids is 2. The van der Waals surface area contributed by atoms with Crippen molar-refractivity contribution in [2.24, 2.45) is 0 Å². The van der Waals surface area contributed by atoms with E-state index in [2.05, 4.69) is 0 Å². The average Bonchev–Trinajstić information content (AvgIpc) is 2.70. The van der Waals surface area contributed by atoms with Crippen LogP contribution in [0.25, 0.3) is 0 Å². The number of amides is 2. The van der Waals surface area contributed by atoms with Crippen molar-refractivity contribution in [3.63, 3.8) is 0 Å². The Kier molecular flexibility index (Phi) is 7.26. The molecule has 0 radical (unpaired) electrons. The van der Waals surface area contributed by atoms with Gasteiger partial charge in [0, 0.05) is 32.6 Å². The number of hydrogen-bond donors (Lipinski definition) is 0. The molecule has 28 heavy (non-hydrogen) atoms. The van der Waals surface area contributed by atoms with Crippen molar-refractivity contribution in [1.82, 2.24) is 4.90 Å². The minimum Gasteiger partial charge on any atom is -0.493 e. The summed E-state index contributed by atoms with van der Waals surface area (Å²) in [6, 6.07) is 13.0. The molecule has 2 amide bonds. The number of benzene rings is 2. The van der Waals surface area contributed by atoms with E-state index in [1.54, 1.807) is 24.1 Å². The third kappa shape index (κ3) is 4.94. The second-order valence-corrected chi connectivity index (χ2v) is 6.22. The Morgan fingerprint density at radius 1 is 0.929 bits per heavy atom. The number of ether oxygens (including phenoxy) is 3. The Hall–Kier alpha value is -3.22. The van der Waals surface area contributed by atoms with Gasteiger partial charge in [-0.1, -0.05) is 30.3 Å². The lowest BCUT2D eigenvalue weighted by Gasteiger charge is -2.26. The van der Waals surface area contributed by atoms with Crippen LogP contribution in [-0.4, -0.2) is 51.6 Å². The third-order valence-electron chi connectivity index (χ3n) is 4.32. The van der Waals surface area contributed by atoms with Gasteiger partial charge in [-0.3, -0.25) is 9.59 Å². The van der Waals surface area contributed by atoms with Gasteiger partial charge in [0.25, 0.3) is 0 Å². The van der Waals surface area contributed by atoms with E-state index in [9.17, 15) is 9.59 Å². The summed E-state index contributed by atoms with van der Waals surface area (Å²) >= 11 is 0. The molecule has 0 saturated carbocycles. The zero-order valence-corrected chi connectivity index (χ0v) is 16.9. The maximum atomic E-state index is 12.7. The van der Waals surface area contributed by atoms with Crippen molar-refractivity contribution in [1.29, 1.82) is 0 Å². The summed E-state index contributed by atoms with van der Waals surface area (Å²) in [4.78, 5) is 27.9. The SMILES string of the molecule is COc1cc(N(CC(=O)N(C)Cc2ccccc2)C(C)=O)cc(OC)c1OC. The summed E-state index contributed by atoms with van der Waals surface area (Å²) in [5.74, 6) is 0.787. The fraction of sp³-hybridized carbons (Fsp3) is 0.333. The molecular formula is C21H26N2O5. The summed E-state index contributed by atoms with van der Waals surface area (Å²) in [6.45, 7) is 1.77. The quantitative estimate of drug-likeness (QED) is 0.698. The molecule has 7 heteroatoms. The van der Waals surface area contributed by atoms with E-state index in [0.717, 1.165) is 5.56 Å². The molecule has 0 fully saturated rings. The first kappa shape index (κ1) is 21.1. The van der Waals surface area contributed by atoms with Crippen molar-refractivity contribution < 1.29 is 23.8 Å². The van der Waals surface area contributed by atoms with E-state index >= 15 is 0 Å². The molecule has 2 aromatic rings. The van der Waals surface area contributed by atoms with Crippen LogP contribution in [0.4, 0.5) is 5.69 Å². The van der Waals surface area contributed by atoms with Gasteiger partial charge in [-0.25, -0.2) is 0 Å². The van der Waals surface area contributed by atoms with Gasteiger partial charge < -0.3 is 24.0 Å². The predicted octanol–water partition coefficient (Wildman–Crippen LogP) is 2.72. The molecule has 0 aliphatic heterocycles. The van der Waals surface area contributed by atoms with Crippen LogP contribution in [-0.2, 0) is 16.1 Å². The Labute approximate surface area is 165 Å². The average molecular weight is 386 g/mol. The van der Waals surface area contributed by atoms with Gasteiger partial charge in [0.15, 0.2) is 11.5 Å². The third-order valence-corrected chi connectivity index (χ3v) is 4.32. The van der Waals surface area contributed by atoms with E-state index < -0.39 is 0 Å². The Bertz CT molecular complexity index is 798. The molecule has 0 saturated heterocycles. The zero-order chi connectivity index (χ0) is 20.7. The molecule has 0 atom stereocenters. The summed E-state index contributed by atoms with van der Waals surface area (Å²) in [6.07, 6.45) is 0. The number of carbonyl (C=O) groups is 2. The summed E-state index contributed by atoms with van der Waals surface area (Å²) in [5, 5.41) is 0. The predicted molar refractivity (Wildman–Crippen MR) is 107 cm³/mol. The first-order valence-corrected chi connectivity index (χ1v) is 8.77. The van der Waals surface area contributed by atoms with Crippen LogP contribution in [0, 0.1) is 0 Å². The van der Waals surface area contributed by atoms with E-state index in [0.29, 0.717) is 29.5 Å². The summed E-state index contributed by atoms with van der Waals surface area (Å²) < 4.78 is 16.0. The first-order chi connectivity index (χ1) is 13.4. The number of methoxy groups -OCH3 is 3. The van der Waals surface area contributed by atoms with Crippen LogP contribution in [0.3, 0.4) is 0 Å². The normalized spacial score (nSPS) is 10.2. The molecule has 0 heterocycles. The maximum Gasteiger partial charge on any atom is 0.242 e. The largest absolute Gasteiger partial charge is 0.493 e. The maximum absolute atomic E-state index is 12.7. The van der Waals surface area contributed by atoms with E-state index in [4.69, 9.17) is 14.2 Å². The molecule has 150 valence electrons. The lowest BCUT2D eigenvalue weighted by Crippen LogP contribution is -2.40. The number of rotatable bonds is 8. The number of nitrogens with zero attached hydrogens (tertiary/aromatic N) is 2. The highest BCUT2D eigenvalue weighted by atomic mass is 16.5. The van der Waals surface area contributed by atoms with Crippen LogP contribution in [0.1, 0.15) is 12.5 Å². The van der Waals surface area contributed by atoms with Crippen LogP contribution < -0.4 is 19.1 Å². The number of hydrogen-bond acceptors (Lipinski definition) is 5. The van der Waals surface area contributed by atoms with Crippen molar-refractivity contribution in [3.8, 4) is 17.2 Å². The van der Waals surface area contributed by atoms with Gasteiger partial charge in [0.2, 0.25) is 17.6 Å². The second-order valence-electron chi connectivity index (χ2n) is 6.22. The Balaban J connectivity index is 2.25. The lowest BCUT2D eigenvalue weighted by atomic mass is 10.2. The highest BCUT2D eigenvalue weighted by Crippen LogP contribution is 2.41. The molecule has 0 unspecified atom stereocenters. The molecule has 0 bridgehead atoms. The van der Waals surface area contributed by atoms with E-state index in [1.165, 1.54) is 33.2 Å². The minimum absolute atomic E-state index is 0.0999. The fourth-order valence-electron chi connectivity index (χ4n) is 2.81. The van der Waals surface area contributed by atoms with Gasteiger partial charge in [0.05, 0.1) is 27.0 Å². The minimum atomic E-state index is -0.268. The molecule has 2 aromatic carbocycles. The van der Waals surface area contributed by atoms with Gasteiger partial charge in [-0.05, 0) is 5.56 Å². The smallest absolute Gasteiger partial charge is 0.242 e. The fourth-order valence-corrected chi connectivity index (χ4v) is 2.81. The van der Waals surface area contributed by atoms with Crippen molar-refractivity contribution in [2.75, 3.05) is 39.8 Å². The van der Waals surface area contributed by atoms with Crippen LogP contribution >= 0.6 is 0 Å². The first-order valence-electron chi connectivity index (χ1n) is 8.77. The van der Waals surface area contributed by atoms with Crippen molar-refractivity contribution >= 4 is 17.5 Å². The topological polar surface area (TPSA) is 68.3 Å². The molecule has 0 spiro atoms. The Morgan fingerprint density at radius 2 is 1.50 bits per heavy atom. The Morgan fingerprint density at radius 3 is 1.96 bits per heavy atom. The highest BCUT2D eigenvalue weighted by Gasteiger charge is 2.22. The van der Waals surface area contributed by atoms with E-state index in [-0.39, 0.29) is 18.4 Å². The van der Waals surface area contributed by atoms with Crippen LogP contribution in [0.5, 0.6) is 17.2 Å². The molecular weight excluding hydrogens is 360 g/mol. The van der Waals surface area contributed by atoms with Crippen molar-refractivity contribution in [3.05, 3.63) is 48.0 Å². The molecule has 0 aliphatic carbocycles. The van der Waals surface area contributed by atoms with Gasteiger partial charge in [-0.2, -0.15) is 0 Å².